The van der Waals surface area contributed by atoms with Crippen LogP contribution in [0.25, 0.3) is 0 Å². The SMILES string of the molecule is C[C@@H](NC(=O)CN1Cc2cc(F)ccc2NC1=O)c1ncccn1. The van der Waals surface area contributed by atoms with Gasteiger partial charge in [0.2, 0.25) is 5.91 Å². The number of amides is 3. The summed E-state index contributed by atoms with van der Waals surface area (Å²) >= 11 is 0. The number of halogens is 1. The second-order valence-corrected chi connectivity index (χ2v) is 5.48. The second-order valence-electron chi connectivity index (χ2n) is 5.48. The average molecular weight is 329 g/mol. The van der Waals surface area contributed by atoms with E-state index in [2.05, 4.69) is 20.6 Å². The molecule has 0 aliphatic carbocycles. The molecule has 24 heavy (non-hydrogen) atoms. The molecule has 0 spiro atoms. The van der Waals surface area contributed by atoms with Crippen LogP contribution < -0.4 is 10.6 Å². The van der Waals surface area contributed by atoms with E-state index in [1.807, 2.05) is 0 Å². The monoisotopic (exact) mass is 329 g/mol. The highest BCUT2D eigenvalue weighted by Gasteiger charge is 2.25. The van der Waals surface area contributed by atoms with Crippen molar-refractivity contribution >= 4 is 17.6 Å². The van der Waals surface area contributed by atoms with Gasteiger partial charge in [-0.15, -0.1) is 0 Å². The molecule has 1 atom stereocenters. The van der Waals surface area contributed by atoms with Gasteiger partial charge in [0.25, 0.3) is 0 Å². The summed E-state index contributed by atoms with van der Waals surface area (Å²) in [5.74, 6) is -0.240. The summed E-state index contributed by atoms with van der Waals surface area (Å²) < 4.78 is 13.3. The highest BCUT2D eigenvalue weighted by atomic mass is 19.1. The van der Waals surface area contributed by atoms with Crippen molar-refractivity contribution in [2.75, 3.05) is 11.9 Å². The minimum absolute atomic E-state index is 0.140. The summed E-state index contributed by atoms with van der Waals surface area (Å²) in [7, 11) is 0. The third-order valence-corrected chi connectivity index (χ3v) is 3.64. The largest absolute Gasteiger partial charge is 0.345 e. The number of carbonyl (C=O) groups is 2. The number of nitrogens with zero attached hydrogens (tertiary/aromatic N) is 3. The Morgan fingerprint density at radius 3 is 2.92 bits per heavy atom. The molecule has 2 N–H and O–H groups in total. The maximum Gasteiger partial charge on any atom is 0.322 e. The predicted octanol–water partition coefficient (Wildman–Crippen LogP) is 1.84. The first kappa shape index (κ1) is 15.9. The number of rotatable bonds is 4. The second kappa shape index (κ2) is 6.61. The number of nitrogens with one attached hydrogen (secondary N) is 2. The molecule has 124 valence electrons. The number of carbonyl (C=O) groups excluding carboxylic acids is 2. The quantitative estimate of drug-likeness (QED) is 0.896. The number of fused-ring (bicyclic) bond motifs is 1. The van der Waals surface area contributed by atoms with E-state index in [0.29, 0.717) is 17.1 Å². The van der Waals surface area contributed by atoms with Crippen LogP contribution in [0.1, 0.15) is 24.4 Å². The molecule has 7 nitrogen and oxygen atoms in total. The molecule has 2 aromatic rings. The maximum atomic E-state index is 13.3. The highest BCUT2D eigenvalue weighted by Crippen LogP contribution is 2.23. The van der Waals surface area contributed by atoms with E-state index in [1.165, 1.54) is 23.1 Å². The zero-order chi connectivity index (χ0) is 17.1. The maximum absolute atomic E-state index is 13.3. The van der Waals surface area contributed by atoms with E-state index in [-0.39, 0.29) is 30.9 Å². The fourth-order valence-corrected chi connectivity index (χ4v) is 2.47. The summed E-state index contributed by atoms with van der Waals surface area (Å²) in [5, 5.41) is 5.38. The summed E-state index contributed by atoms with van der Waals surface area (Å²) in [6.07, 6.45) is 3.18. The van der Waals surface area contributed by atoms with Crippen molar-refractivity contribution in [3.05, 3.63) is 53.9 Å². The minimum atomic E-state index is -0.395. The molecule has 1 aliphatic rings. The number of anilines is 1. The van der Waals surface area contributed by atoms with Crippen molar-refractivity contribution in [1.82, 2.24) is 20.2 Å². The van der Waals surface area contributed by atoms with Crippen molar-refractivity contribution < 1.29 is 14.0 Å². The summed E-state index contributed by atoms with van der Waals surface area (Å²) in [6, 6.07) is 5.05. The van der Waals surface area contributed by atoms with E-state index in [9.17, 15) is 14.0 Å². The molecule has 1 aromatic carbocycles. The smallest absolute Gasteiger partial charge is 0.322 e. The van der Waals surface area contributed by atoms with Gasteiger partial charge in [-0.2, -0.15) is 0 Å². The van der Waals surface area contributed by atoms with Gasteiger partial charge in [-0.05, 0) is 36.8 Å². The van der Waals surface area contributed by atoms with Crippen LogP contribution in [0, 0.1) is 5.82 Å². The molecule has 8 heteroatoms. The third kappa shape index (κ3) is 3.48. The van der Waals surface area contributed by atoms with Crippen LogP contribution in [0.2, 0.25) is 0 Å². The van der Waals surface area contributed by atoms with Crippen molar-refractivity contribution in [3.63, 3.8) is 0 Å². The lowest BCUT2D eigenvalue weighted by Gasteiger charge is -2.29. The molecule has 0 saturated heterocycles. The van der Waals surface area contributed by atoms with Crippen LogP contribution in [0.15, 0.2) is 36.7 Å². The molecule has 0 radical (unpaired) electrons. The zero-order valence-electron chi connectivity index (χ0n) is 13.0. The van der Waals surface area contributed by atoms with Crippen LogP contribution in [0.4, 0.5) is 14.9 Å². The number of aromatic nitrogens is 2. The highest BCUT2D eigenvalue weighted by molar-refractivity contribution is 5.94. The Labute approximate surface area is 137 Å². The lowest BCUT2D eigenvalue weighted by atomic mass is 10.1. The van der Waals surface area contributed by atoms with Gasteiger partial charge in [0.15, 0.2) is 0 Å². The molecular weight excluding hydrogens is 313 g/mol. The molecule has 3 rings (SSSR count). The summed E-state index contributed by atoms with van der Waals surface area (Å²) in [5.41, 5.74) is 1.19. The van der Waals surface area contributed by atoms with Crippen molar-refractivity contribution in [3.8, 4) is 0 Å². The zero-order valence-corrected chi connectivity index (χ0v) is 13.0. The van der Waals surface area contributed by atoms with Gasteiger partial charge in [-0.3, -0.25) is 4.79 Å². The van der Waals surface area contributed by atoms with Crippen LogP contribution in [0.3, 0.4) is 0 Å². The molecule has 0 bridgehead atoms. The normalized spacial score (nSPS) is 14.6. The standard InChI is InChI=1S/C16H16FN5O2/c1-10(15-18-5-2-6-19-15)20-14(23)9-22-8-11-7-12(17)3-4-13(11)21-16(22)24/h2-7,10H,8-9H2,1H3,(H,20,23)(H,21,24)/t10-/m1/s1. The average Bonchev–Trinajstić information content (AvgIpc) is 2.56. The van der Waals surface area contributed by atoms with Gasteiger partial charge in [-0.25, -0.2) is 19.2 Å². The van der Waals surface area contributed by atoms with Crippen molar-refractivity contribution in [2.45, 2.75) is 19.5 Å². The Hall–Kier alpha value is -3.03. The molecule has 0 saturated carbocycles. The number of hydrogen-bond acceptors (Lipinski definition) is 4. The van der Waals surface area contributed by atoms with E-state index < -0.39 is 6.03 Å². The third-order valence-electron chi connectivity index (χ3n) is 3.64. The molecule has 3 amide bonds. The molecule has 1 aliphatic heterocycles. The number of urea groups is 1. The van der Waals surface area contributed by atoms with E-state index in [0.717, 1.165) is 0 Å². The Bertz CT molecular complexity index is 768. The van der Waals surface area contributed by atoms with Gasteiger partial charge in [0, 0.05) is 18.1 Å². The van der Waals surface area contributed by atoms with Crippen LogP contribution >= 0.6 is 0 Å². The first-order chi connectivity index (χ1) is 11.5. The van der Waals surface area contributed by atoms with E-state index in [1.54, 1.807) is 25.4 Å². The summed E-state index contributed by atoms with van der Waals surface area (Å²) in [6.45, 7) is 1.79. The Kier molecular flexibility index (Phi) is 4.37. The Morgan fingerprint density at radius 2 is 2.17 bits per heavy atom. The number of hydrogen-bond donors (Lipinski definition) is 2. The summed E-state index contributed by atoms with van der Waals surface area (Å²) in [4.78, 5) is 33.7. The Morgan fingerprint density at radius 1 is 1.42 bits per heavy atom. The Balaban J connectivity index is 1.63. The first-order valence-electron chi connectivity index (χ1n) is 7.43. The fourth-order valence-electron chi connectivity index (χ4n) is 2.47. The van der Waals surface area contributed by atoms with Gasteiger partial charge in [0.1, 0.15) is 18.2 Å². The predicted molar refractivity (Wildman–Crippen MR) is 84.4 cm³/mol. The van der Waals surface area contributed by atoms with Crippen LogP contribution in [-0.4, -0.2) is 33.4 Å². The lowest BCUT2D eigenvalue weighted by Crippen LogP contribution is -2.45. The van der Waals surface area contributed by atoms with E-state index in [4.69, 9.17) is 0 Å². The molecule has 0 fully saturated rings. The molecule has 1 aromatic heterocycles. The van der Waals surface area contributed by atoms with Gasteiger partial charge in [-0.1, -0.05) is 0 Å². The lowest BCUT2D eigenvalue weighted by molar-refractivity contribution is -0.122. The molecule has 0 unspecified atom stereocenters. The van der Waals surface area contributed by atoms with Gasteiger partial charge < -0.3 is 15.5 Å². The van der Waals surface area contributed by atoms with Gasteiger partial charge >= 0.3 is 6.03 Å². The number of benzene rings is 1. The van der Waals surface area contributed by atoms with Crippen molar-refractivity contribution in [2.24, 2.45) is 0 Å². The van der Waals surface area contributed by atoms with Gasteiger partial charge in [0.05, 0.1) is 12.6 Å². The first-order valence-corrected chi connectivity index (χ1v) is 7.43. The molecule has 2 heterocycles. The van der Waals surface area contributed by atoms with Crippen LogP contribution in [0.5, 0.6) is 0 Å². The van der Waals surface area contributed by atoms with E-state index >= 15 is 0 Å². The van der Waals surface area contributed by atoms with Crippen molar-refractivity contribution in [1.29, 1.82) is 0 Å². The minimum Gasteiger partial charge on any atom is -0.345 e. The molecular formula is C16H16FN5O2. The fraction of sp³-hybridized carbons (Fsp3) is 0.250. The topological polar surface area (TPSA) is 87.2 Å². The van der Waals surface area contributed by atoms with Crippen LogP contribution in [-0.2, 0) is 11.3 Å².